The Labute approximate surface area is 108 Å². The van der Waals surface area contributed by atoms with Gasteiger partial charge in [-0.15, -0.1) is 0 Å². The van der Waals surface area contributed by atoms with Gasteiger partial charge in [0.05, 0.1) is 6.61 Å². The van der Waals surface area contributed by atoms with Crippen molar-refractivity contribution in [2.45, 2.75) is 38.6 Å². The molecule has 3 heteroatoms. The number of nitrogens with one attached hydrogen (secondary N) is 1. The first-order valence-corrected chi connectivity index (χ1v) is 7.66. The fourth-order valence-corrected chi connectivity index (χ4v) is 3.17. The third kappa shape index (κ3) is 4.09. The first-order valence-electron chi connectivity index (χ1n) is 6.72. The highest BCUT2D eigenvalue weighted by atomic mass is 32.1. The van der Waals surface area contributed by atoms with E-state index in [1.54, 1.807) is 11.3 Å². The average molecular weight is 253 g/mol. The lowest BCUT2D eigenvalue weighted by molar-refractivity contribution is 0.0290. The van der Waals surface area contributed by atoms with Crippen molar-refractivity contribution >= 4 is 11.3 Å². The molecule has 2 nitrogen and oxygen atoms in total. The van der Waals surface area contributed by atoms with Gasteiger partial charge in [0.1, 0.15) is 0 Å². The quantitative estimate of drug-likeness (QED) is 0.841. The SMILES string of the molecule is CCCNC1CCOCC1CCc1ccsc1. The highest BCUT2D eigenvalue weighted by molar-refractivity contribution is 7.07. The second-order valence-electron chi connectivity index (χ2n) is 4.85. The summed E-state index contributed by atoms with van der Waals surface area (Å²) in [6.45, 7) is 5.23. The number of ether oxygens (including phenoxy) is 1. The van der Waals surface area contributed by atoms with Crippen LogP contribution >= 0.6 is 11.3 Å². The van der Waals surface area contributed by atoms with E-state index >= 15 is 0 Å². The molecule has 1 fully saturated rings. The number of rotatable bonds is 6. The molecule has 17 heavy (non-hydrogen) atoms. The lowest BCUT2D eigenvalue weighted by Crippen LogP contribution is -2.43. The molecule has 1 aliphatic rings. The molecule has 1 aromatic rings. The molecular weight excluding hydrogens is 230 g/mol. The van der Waals surface area contributed by atoms with E-state index in [9.17, 15) is 0 Å². The zero-order valence-corrected chi connectivity index (χ0v) is 11.5. The summed E-state index contributed by atoms with van der Waals surface area (Å²) in [7, 11) is 0. The summed E-state index contributed by atoms with van der Waals surface area (Å²) < 4.78 is 5.62. The fourth-order valence-electron chi connectivity index (χ4n) is 2.47. The molecule has 0 saturated carbocycles. The van der Waals surface area contributed by atoms with Crippen molar-refractivity contribution in [3.8, 4) is 0 Å². The van der Waals surface area contributed by atoms with Gasteiger partial charge in [0, 0.05) is 12.6 Å². The predicted molar refractivity (Wildman–Crippen MR) is 73.6 cm³/mol. The van der Waals surface area contributed by atoms with E-state index in [-0.39, 0.29) is 0 Å². The van der Waals surface area contributed by atoms with E-state index in [1.165, 1.54) is 31.2 Å². The molecule has 1 saturated heterocycles. The van der Waals surface area contributed by atoms with Gasteiger partial charge in [-0.1, -0.05) is 6.92 Å². The molecular formula is C14H23NOS. The summed E-state index contributed by atoms with van der Waals surface area (Å²) in [4.78, 5) is 0. The maximum Gasteiger partial charge on any atom is 0.0509 e. The van der Waals surface area contributed by atoms with Gasteiger partial charge >= 0.3 is 0 Å². The second kappa shape index (κ2) is 7.14. The zero-order chi connectivity index (χ0) is 11.9. The molecule has 1 aliphatic heterocycles. The van der Waals surface area contributed by atoms with Crippen LogP contribution in [0.15, 0.2) is 16.8 Å². The van der Waals surface area contributed by atoms with Gasteiger partial charge in [0.2, 0.25) is 0 Å². The van der Waals surface area contributed by atoms with Crippen LogP contribution in [0, 0.1) is 5.92 Å². The largest absolute Gasteiger partial charge is 0.381 e. The molecule has 96 valence electrons. The Bertz CT molecular complexity index is 299. The topological polar surface area (TPSA) is 21.3 Å². The maximum absolute atomic E-state index is 5.62. The van der Waals surface area contributed by atoms with Crippen LogP contribution in [0.25, 0.3) is 0 Å². The van der Waals surface area contributed by atoms with Gasteiger partial charge in [-0.25, -0.2) is 0 Å². The average Bonchev–Trinajstić information content (AvgIpc) is 2.88. The molecule has 2 rings (SSSR count). The predicted octanol–water partition coefficient (Wildman–Crippen LogP) is 3.09. The maximum atomic E-state index is 5.62. The van der Waals surface area contributed by atoms with Crippen molar-refractivity contribution in [3.63, 3.8) is 0 Å². The Balaban J connectivity index is 1.79. The molecule has 2 heterocycles. The van der Waals surface area contributed by atoms with Gasteiger partial charge in [0.25, 0.3) is 0 Å². The summed E-state index contributed by atoms with van der Waals surface area (Å²) in [6.07, 6.45) is 4.84. The van der Waals surface area contributed by atoms with Crippen molar-refractivity contribution < 1.29 is 4.74 Å². The molecule has 0 aliphatic carbocycles. The lowest BCUT2D eigenvalue weighted by atomic mass is 9.90. The first kappa shape index (κ1) is 13.1. The van der Waals surface area contributed by atoms with Crippen LogP contribution in [0.2, 0.25) is 0 Å². The normalized spacial score (nSPS) is 25.0. The van der Waals surface area contributed by atoms with Gasteiger partial charge in [0.15, 0.2) is 0 Å². The number of aryl methyl sites for hydroxylation is 1. The van der Waals surface area contributed by atoms with Gasteiger partial charge < -0.3 is 10.1 Å². The van der Waals surface area contributed by atoms with E-state index in [0.717, 1.165) is 19.8 Å². The highest BCUT2D eigenvalue weighted by Gasteiger charge is 2.24. The van der Waals surface area contributed by atoms with E-state index in [4.69, 9.17) is 4.74 Å². The van der Waals surface area contributed by atoms with Crippen LogP contribution in [0.1, 0.15) is 31.7 Å². The minimum absolute atomic E-state index is 0.669. The summed E-state index contributed by atoms with van der Waals surface area (Å²) in [6, 6.07) is 2.91. The molecule has 1 N–H and O–H groups in total. The van der Waals surface area contributed by atoms with Crippen LogP contribution in [0.4, 0.5) is 0 Å². The van der Waals surface area contributed by atoms with E-state index in [1.807, 2.05) is 0 Å². The molecule has 0 amide bonds. The van der Waals surface area contributed by atoms with E-state index in [2.05, 4.69) is 29.1 Å². The summed E-state index contributed by atoms with van der Waals surface area (Å²) in [5.41, 5.74) is 1.48. The van der Waals surface area contributed by atoms with Crippen LogP contribution in [0.3, 0.4) is 0 Å². The van der Waals surface area contributed by atoms with E-state index in [0.29, 0.717) is 12.0 Å². The number of hydrogen-bond donors (Lipinski definition) is 1. The van der Waals surface area contributed by atoms with Crippen LogP contribution in [0.5, 0.6) is 0 Å². The van der Waals surface area contributed by atoms with Gasteiger partial charge in [-0.3, -0.25) is 0 Å². The Morgan fingerprint density at radius 1 is 1.53 bits per heavy atom. The number of thiophene rings is 1. The van der Waals surface area contributed by atoms with Crippen molar-refractivity contribution in [1.29, 1.82) is 0 Å². The molecule has 2 unspecified atom stereocenters. The van der Waals surface area contributed by atoms with Crippen LogP contribution < -0.4 is 5.32 Å². The monoisotopic (exact) mass is 253 g/mol. The van der Waals surface area contributed by atoms with Crippen molar-refractivity contribution in [1.82, 2.24) is 5.32 Å². The highest BCUT2D eigenvalue weighted by Crippen LogP contribution is 2.21. The third-order valence-electron chi connectivity index (χ3n) is 3.51. The standard InChI is InChI=1S/C14H23NOS/c1-2-7-15-14-5-8-16-10-13(14)4-3-12-6-9-17-11-12/h6,9,11,13-15H,2-5,7-8,10H2,1H3. The Hall–Kier alpha value is -0.380. The van der Waals surface area contributed by atoms with Gasteiger partial charge in [-0.05, 0) is 60.5 Å². The first-order chi connectivity index (χ1) is 8.40. The summed E-state index contributed by atoms with van der Waals surface area (Å²) in [5.74, 6) is 0.690. The number of hydrogen-bond acceptors (Lipinski definition) is 3. The third-order valence-corrected chi connectivity index (χ3v) is 4.25. The van der Waals surface area contributed by atoms with Crippen molar-refractivity contribution in [2.75, 3.05) is 19.8 Å². The van der Waals surface area contributed by atoms with Gasteiger partial charge in [-0.2, -0.15) is 11.3 Å². The van der Waals surface area contributed by atoms with E-state index < -0.39 is 0 Å². The Kier molecular flexibility index (Phi) is 5.49. The molecule has 2 atom stereocenters. The molecule has 0 aromatic carbocycles. The fraction of sp³-hybridized carbons (Fsp3) is 0.714. The minimum atomic E-state index is 0.669. The smallest absolute Gasteiger partial charge is 0.0509 e. The lowest BCUT2D eigenvalue weighted by Gasteiger charge is -2.32. The van der Waals surface area contributed by atoms with Crippen LogP contribution in [-0.2, 0) is 11.2 Å². The zero-order valence-electron chi connectivity index (χ0n) is 10.7. The van der Waals surface area contributed by atoms with Crippen LogP contribution in [-0.4, -0.2) is 25.8 Å². The molecule has 1 aromatic heterocycles. The molecule has 0 radical (unpaired) electrons. The minimum Gasteiger partial charge on any atom is -0.381 e. The Morgan fingerprint density at radius 2 is 2.47 bits per heavy atom. The Morgan fingerprint density at radius 3 is 3.24 bits per heavy atom. The summed E-state index contributed by atoms with van der Waals surface area (Å²) >= 11 is 1.79. The molecule has 0 spiro atoms. The summed E-state index contributed by atoms with van der Waals surface area (Å²) in [5, 5.41) is 8.10. The van der Waals surface area contributed by atoms with Crippen molar-refractivity contribution in [3.05, 3.63) is 22.4 Å². The molecule has 0 bridgehead atoms. The second-order valence-corrected chi connectivity index (χ2v) is 5.63. The van der Waals surface area contributed by atoms with Crippen molar-refractivity contribution in [2.24, 2.45) is 5.92 Å².